The van der Waals surface area contributed by atoms with Gasteiger partial charge in [0.15, 0.2) is 0 Å². The van der Waals surface area contributed by atoms with Gasteiger partial charge in [-0.25, -0.2) is 0 Å². The summed E-state index contributed by atoms with van der Waals surface area (Å²) in [6, 6.07) is 6.37. The molecular weight excluding hydrogens is 240 g/mol. The van der Waals surface area contributed by atoms with Crippen LogP contribution in [0, 0.1) is 6.92 Å². The van der Waals surface area contributed by atoms with Crippen molar-refractivity contribution < 1.29 is 4.74 Å². The van der Waals surface area contributed by atoms with Gasteiger partial charge in [-0.2, -0.15) is 0 Å². The van der Waals surface area contributed by atoms with Crippen LogP contribution in [0.3, 0.4) is 0 Å². The van der Waals surface area contributed by atoms with Gasteiger partial charge in [-0.1, -0.05) is 22.9 Å². The van der Waals surface area contributed by atoms with E-state index in [0.29, 0.717) is 0 Å². The topological polar surface area (TPSA) is 52.0 Å². The minimum Gasteiger partial charge on any atom is -0.496 e. The highest BCUT2D eigenvalue weighted by molar-refractivity contribution is 5.39. The zero-order chi connectivity index (χ0) is 13.8. The number of rotatable bonds is 5. The third-order valence-corrected chi connectivity index (χ3v) is 3.17. The highest BCUT2D eigenvalue weighted by Crippen LogP contribution is 2.28. The van der Waals surface area contributed by atoms with Gasteiger partial charge in [0.1, 0.15) is 5.75 Å². The molecule has 0 spiro atoms. The first-order valence-corrected chi connectivity index (χ1v) is 6.31. The first kappa shape index (κ1) is 13.5. The maximum atomic E-state index is 5.44. The number of ether oxygens (including phenoxy) is 1. The molecule has 0 bridgehead atoms. The highest BCUT2D eigenvalue weighted by Gasteiger charge is 2.16. The molecule has 1 aromatic carbocycles. The van der Waals surface area contributed by atoms with Crippen LogP contribution in [0.1, 0.15) is 22.9 Å². The maximum absolute atomic E-state index is 5.44. The quantitative estimate of drug-likeness (QED) is 0.888. The molecule has 1 aromatic heterocycles. The molecule has 5 nitrogen and oxygen atoms in total. The third-order valence-electron chi connectivity index (χ3n) is 3.17. The number of hydrogen-bond donors (Lipinski definition) is 1. The smallest absolute Gasteiger partial charge is 0.123 e. The fourth-order valence-electron chi connectivity index (χ4n) is 2.19. The summed E-state index contributed by atoms with van der Waals surface area (Å²) in [5.74, 6) is 0.897. The predicted octanol–water partition coefficient (Wildman–Crippen LogP) is 1.64. The Balaban J connectivity index is 2.28. The second kappa shape index (κ2) is 5.84. The summed E-state index contributed by atoms with van der Waals surface area (Å²) in [5, 5.41) is 11.4. The average Bonchev–Trinajstić information content (AvgIpc) is 2.81. The van der Waals surface area contributed by atoms with Crippen molar-refractivity contribution in [1.82, 2.24) is 20.3 Å². The van der Waals surface area contributed by atoms with Crippen LogP contribution in [-0.2, 0) is 13.5 Å². The highest BCUT2D eigenvalue weighted by atomic mass is 16.5. The van der Waals surface area contributed by atoms with Crippen LogP contribution in [-0.4, -0.2) is 29.2 Å². The van der Waals surface area contributed by atoms with Crippen LogP contribution in [0.4, 0.5) is 0 Å². The molecule has 0 radical (unpaired) electrons. The van der Waals surface area contributed by atoms with Crippen molar-refractivity contribution in [2.75, 3.05) is 14.2 Å². The van der Waals surface area contributed by atoms with E-state index in [4.69, 9.17) is 4.74 Å². The predicted molar refractivity (Wildman–Crippen MR) is 74.2 cm³/mol. The van der Waals surface area contributed by atoms with E-state index in [1.807, 2.05) is 26.4 Å². The van der Waals surface area contributed by atoms with Gasteiger partial charge in [-0.3, -0.25) is 4.68 Å². The van der Waals surface area contributed by atoms with Crippen LogP contribution in [0.15, 0.2) is 24.4 Å². The molecule has 1 heterocycles. The van der Waals surface area contributed by atoms with E-state index < -0.39 is 0 Å². The average molecular weight is 260 g/mol. The molecule has 0 amide bonds. The molecule has 5 heteroatoms. The Morgan fingerprint density at radius 2 is 2.21 bits per heavy atom. The summed E-state index contributed by atoms with van der Waals surface area (Å²) in [5.41, 5.74) is 3.33. The van der Waals surface area contributed by atoms with Gasteiger partial charge in [-0.05, 0) is 20.0 Å². The summed E-state index contributed by atoms with van der Waals surface area (Å²) < 4.78 is 7.16. The molecule has 0 aliphatic carbocycles. The van der Waals surface area contributed by atoms with E-state index in [-0.39, 0.29) is 6.04 Å². The lowest BCUT2D eigenvalue weighted by molar-refractivity contribution is 0.400. The summed E-state index contributed by atoms with van der Waals surface area (Å²) in [6.45, 7) is 2.08. The van der Waals surface area contributed by atoms with Crippen molar-refractivity contribution in [3.63, 3.8) is 0 Å². The Labute approximate surface area is 113 Å². The zero-order valence-electron chi connectivity index (χ0n) is 11.8. The normalized spacial score (nSPS) is 12.4. The van der Waals surface area contributed by atoms with Crippen LogP contribution < -0.4 is 10.1 Å². The second-order valence-electron chi connectivity index (χ2n) is 4.67. The van der Waals surface area contributed by atoms with Gasteiger partial charge >= 0.3 is 0 Å². The number of likely N-dealkylation sites (N-methyl/N-ethyl adjacent to an activating group) is 1. The molecule has 102 valence electrons. The summed E-state index contributed by atoms with van der Waals surface area (Å²) in [6.07, 6.45) is 2.72. The van der Waals surface area contributed by atoms with Crippen molar-refractivity contribution >= 4 is 0 Å². The number of benzene rings is 1. The van der Waals surface area contributed by atoms with Gasteiger partial charge in [0, 0.05) is 31.3 Å². The Kier molecular flexibility index (Phi) is 4.16. The van der Waals surface area contributed by atoms with Crippen molar-refractivity contribution in [2.45, 2.75) is 19.4 Å². The molecule has 0 saturated carbocycles. The van der Waals surface area contributed by atoms with Gasteiger partial charge in [0.2, 0.25) is 0 Å². The number of nitrogens with zero attached hydrogens (tertiary/aromatic N) is 3. The number of aromatic nitrogens is 3. The monoisotopic (exact) mass is 260 g/mol. The molecule has 1 unspecified atom stereocenters. The molecular formula is C14H20N4O. The van der Waals surface area contributed by atoms with Gasteiger partial charge < -0.3 is 10.1 Å². The van der Waals surface area contributed by atoms with Crippen molar-refractivity contribution in [1.29, 1.82) is 0 Å². The van der Waals surface area contributed by atoms with Crippen LogP contribution in [0.25, 0.3) is 0 Å². The SMILES string of the molecule is CNC(Cc1cn(C)nn1)c1cc(C)ccc1OC. The molecule has 0 saturated heterocycles. The largest absolute Gasteiger partial charge is 0.496 e. The maximum Gasteiger partial charge on any atom is 0.123 e. The van der Waals surface area contributed by atoms with Gasteiger partial charge in [0.05, 0.1) is 12.8 Å². The lowest BCUT2D eigenvalue weighted by Crippen LogP contribution is -2.20. The van der Waals surface area contributed by atoms with E-state index in [1.165, 1.54) is 5.56 Å². The van der Waals surface area contributed by atoms with Crippen molar-refractivity contribution in [3.8, 4) is 5.75 Å². The second-order valence-corrected chi connectivity index (χ2v) is 4.67. The Morgan fingerprint density at radius 3 is 2.79 bits per heavy atom. The lowest BCUT2D eigenvalue weighted by atomic mass is 9.99. The molecule has 2 rings (SSSR count). The molecule has 2 aromatic rings. The molecule has 0 aliphatic rings. The van der Waals surface area contributed by atoms with Crippen molar-refractivity contribution in [2.24, 2.45) is 7.05 Å². The number of methoxy groups -OCH3 is 1. The van der Waals surface area contributed by atoms with Crippen molar-refractivity contribution in [3.05, 3.63) is 41.2 Å². The molecule has 1 atom stereocenters. The fraction of sp³-hybridized carbons (Fsp3) is 0.429. The van der Waals surface area contributed by atoms with E-state index in [9.17, 15) is 0 Å². The minimum atomic E-state index is 0.159. The minimum absolute atomic E-state index is 0.159. The van der Waals surface area contributed by atoms with E-state index in [2.05, 4.69) is 34.7 Å². The van der Waals surface area contributed by atoms with Gasteiger partial charge in [-0.15, -0.1) is 5.10 Å². The van der Waals surface area contributed by atoms with Crippen LogP contribution in [0.2, 0.25) is 0 Å². The number of nitrogens with one attached hydrogen (secondary N) is 1. The first-order valence-electron chi connectivity index (χ1n) is 6.31. The molecule has 1 N–H and O–H groups in total. The Bertz CT molecular complexity index is 550. The zero-order valence-corrected chi connectivity index (χ0v) is 11.8. The standard InChI is InChI=1S/C14H20N4O/c1-10-5-6-14(19-4)12(7-10)13(15-2)8-11-9-18(3)17-16-11/h5-7,9,13,15H,8H2,1-4H3. The summed E-state index contributed by atoms with van der Waals surface area (Å²) in [7, 11) is 5.52. The Hall–Kier alpha value is -1.88. The third kappa shape index (κ3) is 3.12. The van der Waals surface area contributed by atoms with E-state index in [0.717, 1.165) is 23.4 Å². The fourth-order valence-corrected chi connectivity index (χ4v) is 2.19. The molecule has 19 heavy (non-hydrogen) atoms. The molecule has 0 fully saturated rings. The van der Waals surface area contributed by atoms with E-state index >= 15 is 0 Å². The lowest BCUT2D eigenvalue weighted by Gasteiger charge is -2.19. The summed E-state index contributed by atoms with van der Waals surface area (Å²) in [4.78, 5) is 0. The Morgan fingerprint density at radius 1 is 1.42 bits per heavy atom. The van der Waals surface area contributed by atoms with Crippen LogP contribution >= 0.6 is 0 Å². The first-order chi connectivity index (χ1) is 9.13. The van der Waals surface area contributed by atoms with Crippen LogP contribution in [0.5, 0.6) is 5.75 Å². The van der Waals surface area contributed by atoms with E-state index in [1.54, 1.807) is 11.8 Å². The number of hydrogen-bond acceptors (Lipinski definition) is 4. The number of aryl methyl sites for hydroxylation is 2. The molecule has 0 aliphatic heterocycles. The summed E-state index contributed by atoms with van der Waals surface area (Å²) >= 11 is 0. The van der Waals surface area contributed by atoms with Gasteiger partial charge in [0.25, 0.3) is 0 Å².